The number of aromatic amines is 1. The maximum atomic E-state index is 12.4. The summed E-state index contributed by atoms with van der Waals surface area (Å²) < 4.78 is 1.41. The van der Waals surface area contributed by atoms with Crippen LogP contribution < -0.4 is 10.9 Å². The number of hydrogen-bond acceptors (Lipinski definition) is 4. The topological polar surface area (TPSA) is 92.1 Å². The number of aryl methyl sites for hydroxylation is 1. The fourth-order valence-electron chi connectivity index (χ4n) is 2.58. The minimum atomic E-state index is -0.372. The molecule has 0 saturated heterocycles. The molecular weight excluding hydrogens is 330 g/mol. The van der Waals surface area contributed by atoms with Gasteiger partial charge in [0.15, 0.2) is 5.82 Å². The normalized spacial score (nSPS) is 10.8. The van der Waals surface area contributed by atoms with Crippen LogP contribution in [0.15, 0.2) is 65.5 Å². The molecule has 2 aromatic carbocycles. The number of amides is 1. The van der Waals surface area contributed by atoms with E-state index in [-0.39, 0.29) is 23.1 Å². The largest absolute Gasteiger partial charge is 0.306 e. The molecule has 2 aromatic heterocycles. The van der Waals surface area contributed by atoms with Gasteiger partial charge in [-0.25, -0.2) is 0 Å². The molecule has 0 aliphatic heterocycles. The van der Waals surface area contributed by atoms with Gasteiger partial charge in [0.1, 0.15) is 5.82 Å². The first kappa shape index (κ1) is 15.8. The average Bonchev–Trinajstić information content (AvgIpc) is 3.07. The highest BCUT2D eigenvalue weighted by Crippen LogP contribution is 2.18. The number of hydrogen-bond donors (Lipinski definition) is 2. The first-order chi connectivity index (χ1) is 12.6. The van der Waals surface area contributed by atoms with Gasteiger partial charge >= 0.3 is 0 Å². The second-order valence-corrected chi connectivity index (χ2v) is 5.88. The molecular formula is C19H15N5O2. The quantitative estimate of drug-likeness (QED) is 0.597. The van der Waals surface area contributed by atoms with E-state index in [1.54, 1.807) is 24.3 Å². The van der Waals surface area contributed by atoms with E-state index in [0.717, 1.165) is 11.1 Å². The number of nitrogens with zero attached hydrogens (tertiary/aromatic N) is 3. The van der Waals surface area contributed by atoms with Gasteiger partial charge in [-0.15, -0.1) is 5.10 Å². The van der Waals surface area contributed by atoms with E-state index in [1.807, 2.05) is 37.3 Å². The van der Waals surface area contributed by atoms with Crippen LogP contribution in [-0.2, 0) is 0 Å². The lowest BCUT2D eigenvalue weighted by Gasteiger charge is -2.06. The van der Waals surface area contributed by atoms with Crippen LogP contribution in [0.4, 0.5) is 5.82 Å². The second kappa shape index (κ2) is 6.29. The van der Waals surface area contributed by atoms with Crippen LogP contribution >= 0.6 is 0 Å². The summed E-state index contributed by atoms with van der Waals surface area (Å²) in [6.07, 6.45) is 0. The first-order valence-corrected chi connectivity index (χ1v) is 8.04. The van der Waals surface area contributed by atoms with Crippen molar-refractivity contribution in [2.45, 2.75) is 6.92 Å². The van der Waals surface area contributed by atoms with Gasteiger partial charge in [-0.2, -0.15) is 9.50 Å². The molecule has 0 unspecified atom stereocenters. The van der Waals surface area contributed by atoms with Crippen LogP contribution in [0.1, 0.15) is 15.9 Å². The van der Waals surface area contributed by atoms with Crippen LogP contribution in [0, 0.1) is 6.92 Å². The van der Waals surface area contributed by atoms with Crippen molar-refractivity contribution in [1.29, 1.82) is 0 Å². The third-order valence-corrected chi connectivity index (χ3v) is 3.93. The first-order valence-electron chi connectivity index (χ1n) is 8.04. The average molecular weight is 345 g/mol. The molecule has 0 aliphatic rings. The monoisotopic (exact) mass is 345 g/mol. The minimum absolute atomic E-state index is 0.253. The Hall–Kier alpha value is -3.74. The molecule has 0 atom stereocenters. The van der Waals surface area contributed by atoms with E-state index < -0.39 is 0 Å². The smallest absolute Gasteiger partial charge is 0.256 e. The van der Waals surface area contributed by atoms with Crippen molar-refractivity contribution < 1.29 is 4.79 Å². The Bertz CT molecular complexity index is 1140. The number of rotatable bonds is 3. The summed E-state index contributed by atoms with van der Waals surface area (Å²) in [5, 5.41) is 7.14. The minimum Gasteiger partial charge on any atom is -0.306 e. The summed E-state index contributed by atoms with van der Waals surface area (Å²) in [4.78, 5) is 31.3. The number of benzene rings is 2. The van der Waals surface area contributed by atoms with E-state index in [4.69, 9.17) is 0 Å². The lowest BCUT2D eigenvalue weighted by Crippen LogP contribution is -2.18. The Morgan fingerprint density at radius 3 is 2.54 bits per heavy atom. The van der Waals surface area contributed by atoms with Crippen molar-refractivity contribution in [3.05, 3.63) is 82.1 Å². The molecule has 128 valence electrons. The highest BCUT2D eigenvalue weighted by Gasteiger charge is 2.13. The zero-order chi connectivity index (χ0) is 18.1. The number of carbonyl (C=O) groups excluding carboxylic acids is 1. The van der Waals surface area contributed by atoms with E-state index >= 15 is 0 Å². The van der Waals surface area contributed by atoms with Crippen molar-refractivity contribution in [3.8, 4) is 11.4 Å². The van der Waals surface area contributed by atoms with E-state index in [1.165, 1.54) is 10.6 Å². The Balaban J connectivity index is 1.76. The van der Waals surface area contributed by atoms with Gasteiger partial charge in [0, 0.05) is 17.2 Å². The van der Waals surface area contributed by atoms with Crippen molar-refractivity contribution in [1.82, 2.24) is 19.6 Å². The summed E-state index contributed by atoms with van der Waals surface area (Å²) >= 11 is 0. The number of aromatic nitrogens is 4. The van der Waals surface area contributed by atoms with Gasteiger partial charge < -0.3 is 5.32 Å². The predicted molar refractivity (Wildman–Crippen MR) is 98.2 cm³/mol. The second-order valence-electron chi connectivity index (χ2n) is 5.88. The summed E-state index contributed by atoms with van der Waals surface area (Å²) in [7, 11) is 0. The zero-order valence-electron chi connectivity index (χ0n) is 13.9. The number of anilines is 1. The molecule has 1 amide bonds. The lowest BCUT2D eigenvalue weighted by molar-refractivity contribution is 0.102. The van der Waals surface area contributed by atoms with Gasteiger partial charge in [-0.3, -0.25) is 14.6 Å². The molecule has 2 heterocycles. The molecule has 0 aliphatic carbocycles. The highest BCUT2D eigenvalue weighted by atomic mass is 16.2. The molecule has 0 spiro atoms. The van der Waals surface area contributed by atoms with E-state index in [0.29, 0.717) is 11.4 Å². The lowest BCUT2D eigenvalue weighted by atomic mass is 10.1. The fraction of sp³-hybridized carbons (Fsp3) is 0.0526. The van der Waals surface area contributed by atoms with Crippen molar-refractivity contribution in [2.75, 3.05) is 5.32 Å². The SMILES string of the molecule is Cc1ccc(-c2nc3[nH]c(=O)cc(NC(=O)c4ccccc4)n3n2)cc1. The molecule has 4 aromatic rings. The highest BCUT2D eigenvalue weighted by molar-refractivity contribution is 6.03. The molecule has 26 heavy (non-hydrogen) atoms. The number of H-pyrrole nitrogens is 1. The molecule has 7 nitrogen and oxygen atoms in total. The van der Waals surface area contributed by atoms with Crippen molar-refractivity contribution in [2.24, 2.45) is 0 Å². The third-order valence-electron chi connectivity index (χ3n) is 3.93. The van der Waals surface area contributed by atoms with Crippen LogP contribution in [-0.4, -0.2) is 25.5 Å². The summed E-state index contributed by atoms with van der Waals surface area (Å²) in [5.74, 6) is 0.645. The Labute approximate surface area is 148 Å². The molecule has 0 saturated carbocycles. The maximum Gasteiger partial charge on any atom is 0.256 e. The fourth-order valence-corrected chi connectivity index (χ4v) is 2.58. The molecule has 2 N–H and O–H groups in total. The maximum absolute atomic E-state index is 12.4. The summed E-state index contributed by atoms with van der Waals surface area (Å²) in [6.45, 7) is 2.00. The van der Waals surface area contributed by atoms with Gasteiger partial charge in [-0.1, -0.05) is 48.0 Å². The molecule has 0 radical (unpaired) electrons. The van der Waals surface area contributed by atoms with Crippen molar-refractivity contribution >= 4 is 17.5 Å². The standard InChI is InChI=1S/C19H15N5O2/c1-12-7-9-13(10-8-12)17-22-19-21-16(25)11-15(24(19)23-17)20-18(26)14-5-3-2-4-6-14/h2-11H,1H3,(H,20,26)(H,21,22,23,25). The van der Waals surface area contributed by atoms with Crippen LogP contribution in [0.3, 0.4) is 0 Å². The molecule has 4 rings (SSSR count). The van der Waals surface area contributed by atoms with Crippen LogP contribution in [0.2, 0.25) is 0 Å². The number of carbonyl (C=O) groups is 1. The summed E-state index contributed by atoms with van der Waals surface area (Å²) in [6, 6.07) is 17.8. The van der Waals surface area contributed by atoms with Crippen LogP contribution in [0.5, 0.6) is 0 Å². The molecule has 0 fully saturated rings. The van der Waals surface area contributed by atoms with Gasteiger partial charge in [-0.05, 0) is 19.1 Å². The van der Waals surface area contributed by atoms with E-state index in [2.05, 4.69) is 20.4 Å². The van der Waals surface area contributed by atoms with Crippen molar-refractivity contribution in [3.63, 3.8) is 0 Å². The Morgan fingerprint density at radius 2 is 1.81 bits per heavy atom. The number of fused-ring (bicyclic) bond motifs is 1. The number of nitrogens with one attached hydrogen (secondary N) is 2. The van der Waals surface area contributed by atoms with E-state index in [9.17, 15) is 9.59 Å². The molecule has 7 heteroatoms. The van der Waals surface area contributed by atoms with Gasteiger partial charge in [0.2, 0.25) is 5.78 Å². The van der Waals surface area contributed by atoms with Gasteiger partial charge in [0.25, 0.3) is 11.5 Å². The Morgan fingerprint density at radius 1 is 1.08 bits per heavy atom. The predicted octanol–water partition coefficient (Wildman–Crippen LogP) is 2.65. The Kier molecular flexibility index (Phi) is 3.81. The van der Waals surface area contributed by atoms with Gasteiger partial charge in [0.05, 0.1) is 0 Å². The summed E-state index contributed by atoms with van der Waals surface area (Å²) in [5.41, 5.74) is 2.06. The molecule has 0 bridgehead atoms. The zero-order valence-corrected chi connectivity index (χ0v) is 13.9. The third kappa shape index (κ3) is 2.98. The van der Waals surface area contributed by atoms with Crippen LogP contribution in [0.25, 0.3) is 17.2 Å².